The van der Waals surface area contributed by atoms with Gasteiger partial charge in [-0.25, -0.2) is 5.43 Å². The summed E-state index contributed by atoms with van der Waals surface area (Å²) in [5.41, 5.74) is 4.01. The summed E-state index contributed by atoms with van der Waals surface area (Å²) in [6, 6.07) is 12.6. The summed E-state index contributed by atoms with van der Waals surface area (Å²) < 4.78 is 16.7. The van der Waals surface area contributed by atoms with Crippen molar-refractivity contribution in [3.63, 3.8) is 0 Å². The Hall–Kier alpha value is -2.12. The fourth-order valence-electron chi connectivity index (χ4n) is 2.68. The van der Waals surface area contributed by atoms with E-state index in [1.54, 1.807) is 19.1 Å². The SMILES string of the molecule is CC1(CC(=O)N/N=C\c2ccccc2OCc2ccc(Cl)cc2Cl)OCCO1. The Balaban J connectivity index is 1.58. The molecule has 1 fully saturated rings. The second-order valence-electron chi connectivity index (χ2n) is 6.36. The first-order valence-corrected chi connectivity index (χ1v) is 9.46. The lowest BCUT2D eigenvalue weighted by atomic mass is 10.2. The molecular weight excluding hydrogens is 403 g/mol. The average molecular weight is 423 g/mol. The highest BCUT2D eigenvalue weighted by Gasteiger charge is 2.33. The number of halogens is 2. The zero-order valence-corrected chi connectivity index (χ0v) is 16.8. The van der Waals surface area contributed by atoms with Crippen LogP contribution >= 0.6 is 23.2 Å². The summed E-state index contributed by atoms with van der Waals surface area (Å²) in [5.74, 6) is -0.578. The molecule has 148 valence electrons. The second kappa shape index (κ2) is 9.39. The molecule has 28 heavy (non-hydrogen) atoms. The molecule has 0 saturated carbocycles. The third-order valence-corrected chi connectivity index (χ3v) is 4.68. The third kappa shape index (κ3) is 5.69. The van der Waals surface area contributed by atoms with Gasteiger partial charge in [-0.05, 0) is 31.2 Å². The molecule has 2 aromatic rings. The van der Waals surface area contributed by atoms with Crippen LogP contribution < -0.4 is 10.2 Å². The molecule has 0 spiro atoms. The van der Waals surface area contributed by atoms with Gasteiger partial charge in [0.15, 0.2) is 5.79 Å². The highest BCUT2D eigenvalue weighted by atomic mass is 35.5. The number of carbonyl (C=O) groups is 1. The summed E-state index contributed by atoms with van der Waals surface area (Å²) in [6.45, 7) is 2.97. The van der Waals surface area contributed by atoms with E-state index in [1.165, 1.54) is 6.21 Å². The number of benzene rings is 2. The van der Waals surface area contributed by atoms with E-state index < -0.39 is 5.79 Å². The van der Waals surface area contributed by atoms with E-state index in [-0.39, 0.29) is 18.9 Å². The summed E-state index contributed by atoms with van der Waals surface area (Å²) in [7, 11) is 0. The molecule has 1 aliphatic rings. The van der Waals surface area contributed by atoms with Crippen LogP contribution in [0.3, 0.4) is 0 Å². The number of hydrogen-bond donors (Lipinski definition) is 1. The Labute approximate surface area is 173 Å². The van der Waals surface area contributed by atoms with Crippen LogP contribution in [0.15, 0.2) is 47.6 Å². The minimum absolute atomic E-state index is 0.0670. The monoisotopic (exact) mass is 422 g/mol. The lowest BCUT2D eigenvalue weighted by Gasteiger charge is -2.20. The number of para-hydroxylation sites is 1. The predicted octanol–water partition coefficient (Wildman–Crippen LogP) is 4.18. The molecule has 1 amide bonds. The fraction of sp³-hybridized carbons (Fsp3) is 0.300. The van der Waals surface area contributed by atoms with E-state index in [2.05, 4.69) is 10.5 Å². The van der Waals surface area contributed by atoms with E-state index in [9.17, 15) is 4.79 Å². The molecule has 2 aromatic carbocycles. The summed E-state index contributed by atoms with van der Waals surface area (Å²) in [6.07, 6.45) is 1.59. The molecule has 0 atom stereocenters. The normalized spacial score (nSPS) is 15.7. The first kappa shape index (κ1) is 20.6. The number of hydrazone groups is 1. The van der Waals surface area contributed by atoms with Crippen LogP contribution in [-0.4, -0.2) is 31.1 Å². The van der Waals surface area contributed by atoms with Crippen LogP contribution in [0.5, 0.6) is 5.75 Å². The highest BCUT2D eigenvalue weighted by molar-refractivity contribution is 6.35. The molecule has 1 N–H and O–H groups in total. The van der Waals surface area contributed by atoms with Crippen molar-refractivity contribution in [1.29, 1.82) is 0 Å². The van der Waals surface area contributed by atoms with Gasteiger partial charge in [0.25, 0.3) is 0 Å². The molecule has 6 nitrogen and oxygen atoms in total. The van der Waals surface area contributed by atoms with Gasteiger partial charge in [0.1, 0.15) is 12.4 Å². The van der Waals surface area contributed by atoms with Crippen molar-refractivity contribution in [2.24, 2.45) is 5.10 Å². The molecule has 0 unspecified atom stereocenters. The number of rotatable bonds is 7. The number of carbonyl (C=O) groups excluding carboxylic acids is 1. The van der Waals surface area contributed by atoms with Crippen molar-refractivity contribution >= 4 is 35.3 Å². The molecule has 8 heteroatoms. The molecule has 1 aliphatic heterocycles. The topological polar surface area (TPSA) is 69.2 Å². The summed E-state index contributed by atoms with van der Waals surface area (Å²) in [5, 5.41) is 5.11. The minimum Gasteiger partial charge on any atom is -0.488 e. The van der Waals surface area contributed by atoms with Crippen LogP contribution in [0.25, 0.3) is 0 Å². The van der Waals surface area contributed by atoms with Gasteiger partial charge in [-0.2, -0.15) is 5.10 Å². The van der Waals surface area contributed by atoms with Crippen LogP contribution in [0.2, 0.25) is 10.0 Å². The van der Waals surface area contributed by atoms with E-state index in [0.717, 1.165) is 5.56 Å². The quantitative estimate of drug-likeness (QED) is 0.536. The molecule has 0 aromatic heterocycles. The van der Waals surface area contributed by atoms with Crippen LogP contribution in [0, 0.1) is 0 Å². The molecule has 3 rings (SSSR count). The number of amides is 1. The maximum Gasteiger partial charge on any atom is 0.245 e. The molecule has 0 bridgehead atoms. The van der Waals surface area contributed by atoms with E-state index in [1.807, 2.05) is 30.3 Å². The van der Waals surface area contributed by atoms with Gasteiger partial charge >= 0.3 is 0 Å². The van der Waals surface area contributed by atoms with Gasteiger partial charge in [-0.1, -0.05) is 41.4 Å². The van der Waals surface area contributed by atoms with Gasteiger partial charge in [-0.15, -0.1) is 0 Å². The van der Waals surface area contributed by atoms with Crippen molar-refractivity contribution in [3.05, 3.63) is 63.6 Å². The molecule has 0 radical (unpaired) electrons. The maximum absolute atomic E-state index is 12.0. The second-order valence-corrected chi connectivity index (χ2v) is 7.21. The third-order valence-electron chi connectivity index (χ3n) is 4.09. The summed E-state index contributed by atoms with van der Waals surface area (Å²) >= 11 is 12.1. The van der Waals surface area contributed by atoms with Crippen LogP contribution in [0.1, 0.15) is 24.5 Å². The zero-order valence-electron chi connectivity index (χ0n) is 15.3. The largest absolute Gasteiger partial charge is 0.488 e. The Kier molecular flexibility index (Phi) is 6.91. The van der Waals surface area contributed by atoms with E-state index in [4.69, 9.17) is 37.4 Å². The van der Waals surface area contributed by atoms with Gasteiger partial charge in [0, 0.05) is 21.2 Å². The number of hydrogen-bond acceptors (Lipinski definition) is 5. The van der Waals surface area contributed by atoms with E-state index in [0.29, 0.717) is 34.6 Å². The van der Waals surface area contributed by atoms with Crippen molar-refractivity contribution in [2.75, 3.05) is 13.2 Å². The van der Waals surface area contributed by atoms with Gasteiger partial charge < -0.3 is 14.2 Å². The standard InChI is InChI=1S/C20H20Cl2N2O4/c1-20(27-8-9-28-20)11-19(25)24-23-12-14-4-2-3-5-18(14)26-13-15-6-7-16(21)10-17(15)22/h2-7,10,12H,8-9,11,13H2,1H3,(H,24,25)/b23-12-. The molecule has 1 heterocycles. The Bertz CT molecular complexity index is 867. The Morgan fingerprint density at radius 3 is 2.75 bits per heavy atom. The Morgan fingerprint density at radius 1 is 1.25 bits per heavy atom. The molecule has 1 saturated heterocycles. The number of nitrogens with zero attached hydrogens (tertiary/aromatic N) is 1. The number of ether oxygens (including phenoxy) is 3. The first-order chi connectivity index (χ1) is 13.5. The van der Waals surface area contributed by atoms with Gasteiger partial charge in [0.2, 0.25) is 5.91 Å². The Morgan fingerprint density at radius 2 is 2.00 bits per heavy atom. The smallest absolute Gasteiger partial charge is 0.245 e. The zero-order chi connectivity index (χ0) is 20.0. The highest BCUT2D eigenvalue weighted by Crippen LogP contribution is 2.24. The fourth-order valence-corrected chi connectivity index (χ4v) is 3.14. The van der Waals surface area contributed by atoms with Crippen LogP contribution in [-0.2, 0) is 20.9 Å². The van der Waals surface area contributed by atoms with Crippen molar-refractivity contribution in [1.82, 2.24) is 5.43 Å². The molecular formula is C20H20Cl2N2O4. The molecule has 0 aliphatic carbocycles. The van der Waals surface area contributed by atoms with Crippen molar-refractivity contribution < 1.29 is 19.0 Å². The number of nitrogens with one attached hydrogen (secondary N) is 1. The van der Waals surface area contributed by atoms with Gasteiger partial charge in [0.05, 0.1) is 25.8 Å². The lowest BCUT2D eigenvalue weighted by Crippen LogP contribution is -2.33. The lowest BCUT2D eigenvalue weighted by molar-refractivity contribution is -0.159. The van der Waals surface area contributed by atoms with Crippen molar-refractivity contribution in [2.45, 2.75) is 25.7 Å². The minimum atomic E-state index is -0.890. The van der Waals surface area contributed by atoms with Crippen molar-refractivity contribution in [3.8, 4) is 5.75 Å². The summed E-state index contributed by atoms with van der Waals surface area (Å²) in [4.78, 5) is 12.0. The van der Waals surface area contributed by atoms with E-state index >= 15 is 0 Å². The van der Waals surface area contributed by atoms with Gasteiger partial charge in [-0.3, -0.25) is 4.79 Å². The van der Waals surface area contributed by atoms with Crippen LogP contribution in [0.4, 0.5) is 0 Å². The average Bonchev–Trinajstić information content (AvgIpc) is 3.08. The predicted molar refractivity (Wildman–Crippen MR) is 108 cm³/mol. The first-order valence-electron chi connectivity index (χ1n) is 8.71. The maximum atomic E-state index is 12.0.